The van der Waals surface area contributed by atoms with Crippen LogP contribution in [0.25, 0.3) is 0 Å². The van der Waals surface area contributed by atoms with Gasteiger partial charge in [0.2, 0.25) is 10.0 Å². The smallest absolute Gasteiger partial charge is 0.241 e. The van der Waals surface area contributed by atoms with E-state index >= 15 is 0 Å². The second-order valence-electron chi connectivity index (χ2n) is 6.53. The monoisotopic (exact) mass is 374 g/mol. The molecule has 1 aliphatic carbocycles. The van der Waals surface area contributed by atoms with Gasteiger partial charge in [-0.25, -0.2) is 13.1 Å². The normalized spacial score (nSPS) is 19.6. The molecule has 2 rings (SSSR count). The number of benzene rings is 1. The summed E-state index contributed by atoms with van der Waals surface area (Å²) in [4.78, 5) is 0.273. The molecule has 1 fully saturated rings. The third kappa shape index (κ3) is 4.28. The molecule has 0 atom stereocenters. The third-order valence-electron chi connectivity index (χ3n) is 4.18. The average Bonchev–Trinajstić information content (AvgIpc) is 2.41. The van der Waals surface area contributed by atoms with Crippen LogP contribution in [0.3, 0.4) is 0 Å². The van der Waals surface area contributed by atoms with E-state index in [9.17, 15) is 8.42 Å². The Balaban J connectivity index is 2.16. The number of hydrogen-bond donors (Lipinski definition) is 2. The lowest BCUT2D eigenvalue weighted by molar-refractivity contribution is 0.218. The molecule has 1 saturated carbocycles. The van der Waals surface area contributed by atoms with Crippen LogP contribution in [-0.4, -0.2) is 14.5 Å². The average molecular weight is 375 g/mol. The first-order valence-corrected chi connectivity index (χ1v) is 9.52. The van der Waals surface area contributed by atoms with Gasteiger partial charge in [-0.3, -0.25) is 0 Å². The molecule has 21 heavy (non-hydrogen) atoms. The summed E-state index contributed by atoms with van der Waals surface area (Å²) in [6.07, 6.45) is 3.87. The Bertz CT molecular complexity index is 604. The van der Waals surface area contributed by atoms with Crippen molar-refractivity contribution in [1.29, 1.82) is 0 Å². The lowest BCUT2D eigenvalue weighted by atomic mass is 9.76. The molecule has 0 spiro atoms. The van der Waals surface area contributed by atoms with Gasteiger partial charge in [-0.15, -0.1) is 0 Å². The minimum atomic E-state index is -3.51. The standard InChI is InChI=1S/C15H23BrN2O2S/c1-15(2)7-5-12(6-8-15)18-21(19,20)14-9-11(10-17)3-4-13(14)16/h3-4,9,12,18H,5-8,10,17H2,1-2H3. The molecular formula is C15H23BrN2O2S. The van der Waals surface area contributed by atoms with E-state index in [1.807, 2.05) is 6.07 Å². The first-order chi connectivity index (χ1) is 9.73. The first kappa shape index (κ1) is 16.9. The third-order valence-corrected chi connectivity index (χ3v) is 6.70. The van der Waals surface area contributed by atoms with Crippen LogP contribution in [0.1, 0.15) is 45.1 Å². The Hall–Kier alpha value is -0.430. The maximum atomic E-state index is 12.6. The zero-order chi connectivity index (χ0) is 15.7. The summed E-state index contributed by atoms with van der Waals surface area (Å²) in [5.74, 6) is 0. The highest BCUT2D eigenvalue weighted by atomic mass is 79.9. The zero-order valence-electron chi connectivity index (χ0n) is 12.5. The van der Waals surface area contributed by atoms with Crippen LogP contribution >= 0.6 is 15.9 Å². The number of rotatable bonds is 4. The van der Waals surface area contributed by atoms with Crippen molar-refractivity contribution in [2.24, 2.45) is 11.1 Å². The minimum Gasteiger partial charge on any atom is -0.326 e. The highest BCUT2D eigenvalue weighted by molar-refractivity contribution is 9.10. The minimum absolute atomic E-state index is 0.0245. The number of nitrogens with one attached hydrogen (secondary N) is 1. The highest BCUT2D eigenvalue weighted by Gasteiger charge is 2.30. The Morgan fingerprint density at radius 1 is 1.33 bits per heavy atom. The summed E-state index contributed by atoms with van der Waals surface area (Å²) in [6, 6.07) is 5.23. The van der Waals surface area contributed by atoms with Gasteiger partial charge in [0.1, 0.15) is 0 Å². The highest BCUT2D eigenvalue weighted by Crippen LogP contribution is 2.35. The number of halogens is 1. The zero-order valence-corrected chi connectivity index (χ0v) is 14.9. The first-order valence-electron chi connectivity index (χ1n) is 7.24. The van der Waals surface area contributed by atoms with Crippen molar-refractivity contribution in [2.75, 3.05) is 0 Å². The SMILES string of the molecule is CC1(C)CCC(NS(=O)(=O)c2cc(CN)ccc2Br)CC1. The molecule has 0 unspecified atom stereocenters. The topological polar surface area (TPSA) is 72.2 Å². The van der Waals surface area contributed by atoms with E-state index in [0.29, 0.717) is 16.4 Å². The Kier molecular flexibility index (Phi) is 5.13. The molecule has 118 valence electrons. The summed E-state index contributed by atoms with van der Waals surface area (Å²) in [6.45, 7) is 4.80. The lowest BCUT2D eigenvalue weighted by Gasteiger charge is -2.34. The van der Waals surface area contributed by atoms with Crippen LogP contribution in [0.5, 0.6) is 0 Å². The lowest BCUT2D eigenvalue weighted by Crippen LogP contribution is -2.39. The van der Waals surface area contributed by atoms with Gasteiger partial charge in [0, 0.05) is 17.1 Å². The second kappa shape index (κ2) is 6.36. The Morgan fingerprint density at radius 3 is 2.52 bits per heavy atom. The predicted octanol–water partition coefficient (Wildman–Crippen LogP) is 3.15. The number of nitrogens with two attached hydrogens (primary N) is 1. The molecule has 0 aromatic heterocycles. The molecule has 0 radical (unpaired) electrons. The molecule has 0 bridgehead atoms. The van der Waals surface area contributed by atoms with Gasteiger partial charge in [-0.05, 0) is 64.7 Å². The van der Waals surface area contributed by atoms with Gasteiger partial charge in [-0.2, -0.15) is 0 Å². The fraction of sp³-hybridized carbons (Fsp3) is 0.600. The van der Waals surface area contributed by atoms with Crippen molar-refractivity contribution in [1.82, 2.24) is 4.72 Å². The van der Waals surface area contributed by atoms with Gasteiger partial charge in [0.15, 0.2) is 0 Å². The van der Waals surface area contributed by atoms with E-state index in [1.54, 1.807) is 12.1 Å². The summed E-state index contributed by atoms with van der Waals surface area (Å²) in [5, 5.41) is 0. The van der Waals surface area contributed by atoms with Crippen molar-refractivity contribution in [2.45, 2.75) is 57.0 Å². The molecule has 0 saturated heterocycles. The van der Waals surface area contributed by atoms with E-state index in [0.717, 1.165) is 31.2 Å². The fourth-order valence-electron chi connectivity index (χ4n) is 2.68. The van der Waals surface area contributed by atoms with Gasteiger partial charge in [0.25, 0.3) is 0 Å². The van der Waals surface area contributed by atoms with E-state index in [4.69, 9.17) is 5.73 Å². The van der Waals surface area contributed by atoms with Crippen LogP contribution < -0.4 is 10.5 Å². The van der Waals surface area contributed by atoms with Crippen molar-refractivity contribution < 1.29 is 8.42 Å². The molecule has 1 aromatic carbocycles. The van der Waals surface area contributed by atoms with Crippen LogP contribution in [0.15, 0.2) is 27.6 Å². The quantitative estimate of drug-likeness (QED) is 0.849. The van der Waals surface area contributed by atoms with Gasteiger partial charge >= 0.3 is 0 Å². The number of hydrogen-bond acceptors (Lipinski definition) is 3. The Morgan fingerprint density at radius 2 is 1.95 bits per heavy atom. The maximum Gasteiger partial charge on any atom is 0.241 e. The summed E-state index contributed by atoms with van der Waals surface area (Å²) in [7, 11) is -3.51. The molecule has 6 heteroatoms. The summed E-state index contributed by atoms with van der Waals surface area (Å²) >= 11 is 3.32. The second-order valence-corrected chi connectivity index (χ2v) is 9.07. The van der Waals surface area contributed by atoms with Gasteiger partial charge < -0.3 is 5.73 Å². The van der Waals surface area contributed by atoms with Crippen molar-refractivity contribution in [3.05, 3.63) is 28.2 Å². The van der Waals surface area contributed by atoms with Crippen LogP contribution in [-0.2, 0) is 16.6 Å². The largest absolute Gasteiger partial charge is 0.326 e. The molecule has 1 aromatic rings. The Labute approximate surface area is 135 Å². The van der Waals surface area contributed by atoms with Crippen molar-refractivity contribution >= 4 is 26.0 Å². The molecular weight excluding hydrogens is 352 g/mol. The van der Waals surface area contributed by atoms with Gasteiger partial charge in [0.05, 0.1) is 4.90 Å². The summed E-state index contributed by atoms with van der Waals surface area (Å²) in [5.41, 5.74) is 6.73. The van der Waals surface area contributed by atoms with Crippen LogP contribution in [0.4, 0.5) is 0 Å². The number of sulfonamides is 1. The van der Waals surface area contributed by atoms with E-state index < -0.39 is 10.0 Å². The summed E-state index contributed by atoms with van der Waals surface area (Å²) < 4.78 is 28.6. The van der Waals surface area contributed by atoms with Crippen LogP contribution in [0, 0.1) is 5.41 Å². The van der Waals surface area contributed by atoms with E-state index in [1.165, 1.54) is 0 Å². The van der Waals surface area contributed by atoms with Crippen molar-refractivity contribution in [3.63, 3.8) is 0 Å². The molecule has 0 aliphatic heterocycles. The molecule has 0 heterocycles. The molecule has 4 nitrogen and oxygen atoms in total. The molecule has 1 aliphatic rings. The van der Waals surface area contributed by atoms with Gasteiger partial charge in [-0.1, -0.05) is 19.9 Å². The molecule has 0 amide bonds. The van der Waals surface area contributed by atoms with E-state index in [-0.39, 0.29) is 10.9 Å². The van der Waals surface area contributed by atoms with Crippen molar-refractivity contribution in [3.8, 4) is 0 Å². The maximum absolute atomic E-state index is 12.6. The predicted molar refractivity (Wildman–Crippen MR) is 88.4 cm³/mol. The molecule has 3 N–H and O–H groups in total. The van der Waals surface area contributed by atoms with Crippen LogP contribution in [0.2, 0.25) is 0 Å². The van der Waals surface area contributed by atoms with E-state index in [2.05, 4.69) is 34.5 Å². The fourth-order valence-corrected chi connectivity index (χ4v) is 5.00.